The van der Waals surface area contributed by atoms with E-state index < -0.39 is 11.4 Å². The van der Waals surface area contributed by atoms with Gasteiger partial charge < -0.3 is 5.11 Å². The van der Waals surface area contributed by atoms with E-state index in [-0.39, 0.29) is 5.02 Å². The first-order valence-electron chi connectivity index (χ1n) is 6.82. The standard InChI is InChI=1S/C14H16ClFN4O/c15-11-3-2-10(6-12(11)16)8-20-5-1-4-14(21,9-20)13-7-17-19-18-13/h2-3,6-7,21H,1,4-5,8-9H2,(H,17,18,19)/t14-/m0/s1. The Kier molecular flexibility index (Phi) is 3.93. The number of aromatic amines is 1. The minimum absolute atomic E-state index is 0.122. The molecule has 2 N–H and O–H groups in total. The van der Waals surface area contributed by atoms with E-state index in [1.165, 1.54) is 6.07 Å². The molecule has 1 aliphatic rings. The van der Waals surface area contributed by atoms with Crippen LogP contribution in [-0.4, -0.2) is 38.5 Å². The summed E-state index contributed by atoms with van der Waals surface area (Å²) in [7, 11) is 0. The molecule has 1 aliphatic heterocycles. The normalized spacial score (nSPS) is 23.4. The highest BCUT2D eigenvalue weighted by atomic mass is 35.5. The van der Waals surface area contributed by atoms with Crippen LogP contribution in [0.15, 0.2) is 24.4 Å². The topological polar surface area (TPSA) is 65.0 Å². The van der Waals surface area contributed by atoms with E-state index in [0.29, 0.717) is 25.2 Å². The molecule has 1 fully saturated rings. The number of rotatable bonds is 3. The van der Waals surface area contributed by atoms with Crippen LogP contribution < -0.4 is 0 Å². The Bertz CT molecular complexity index is 621. The van der Waals surface area contributed by atoms with Crippen LogP contribution in [-0.2, 0) is 12.1 Å². The SMILES string of the molecule is O[C@@]1(c2cn[nH]n2)CCCN(Cc2ccc(Cl)c(F)c2)C1. The van der Waals surface area contributed by atoms with Crippen molar-refractivity contribution >= 4 is 11.6 Å². The fourth-order valence-corrected chi connectivity index (χ4v) is 2.91. The Morgan fingerprint density at radius 3 is 3.05 bits per heavy atom. The predicted octanol–water partition coefficient (Wildman–Crippen LogP) is 2.08. The van der Waals surface area contributed by atoms with Crippen LogP contribution in [0.3, 0.4) is 0 Å². The number of β-amino-alcohol motifs (C(OH)–C–C–N with tert-alkyl or cyclic N) is 1. The third-order valence-corrected chi connectivity index (χ3v) is 4.14. The van der Waals surface area contributed by atoms with Crippen LogP contribution >= 0.6 is 11.6 Å². The molecule has 1 aromatic heterocycles. The zero-order valence-corrected chi connectivity index (χ0v) is 12.1. The van der Waals surface area contributed by atoms with Crippen molar-refractivity contribution in [3.05, 3.63) is 46.5 Å². The molecular formula is C14H16ClFN4O. The summed E-state index contributed by atoms with van der Waals surface area (Å²) in [6.45, 7) is 1.86. The summed E-state index contributed by atoms with van der Waals surface area (Å²) in [6.07, 6.45) is 3.04. The molecule has 0 spiro atoms. The molecule has 0 amide bonds. The van der Waals surface area contributed by atoms with Crippen molar-refractivity contribution in [1.29, 1.82) is 0 Å². The van der Waals surface area contributed by atoms with Crippen LogP contribution in [0.5, 0.6) is 0 Å². The Morgan fingerprint density at radius 1 is 1.48 bits per heavy atom. The first kappa shape index (κ1) is 14.4. The number of benzene rings is 1. The van der Waals surface area contributed by atoms with Crippen LogP contribution in [0.4, 0.5) is 4.39 Å². The average molecular weight is 311 g/mol. The highest BCUT2D eigenvalue weighted by Gasteiger charge is 2.37. The molecule has 1 atom stereocenters. The quantitative estimate of drug-likeness (QED) is 0.911. The maximum Gasteiger partial charge on any atom is 0.142 e. The predicted molar refractivity (Wildman–Crippen MR) is 76.2 cm³/mol. The molecule has 2 heterocycles. The van der Waals surface area contributed by atoms with Gasteiger partial charge in [0.2, 0.25) is 0 Å². The summed E-state index contributed by atoms with van der Waals surface area (Å²) in [6, 6.07) is 4.79. The van der Waals surface area contributed by atoms with Crippen molar-refractivity contribution in [2.45, 2.75) is 25.0 Å². The van der Waals surface area contributed by atoms with Crippen molar-refractivity contribution in [2.24, 2.45) is 0 Å². The lowest BCUT2D eigenvalue weighted by molar-refractivity contribution is -0.0414. The van der Waals surface area contributed by atoms with Gasteiger partial charge in [-0.15, -0.1) is 0 Å². The zero-order valence-electron chi connectivity index (χ0n) is 11.4. The van der Waals surface area contributed by atoms with E-state index in [1.807, 2.05) is 0 Å². The third-order valence-electron chi connectivity index (χ3n) is 3.83. The molecule has 0 saturated carbocycles. The largest absolute Gasteiger partial charge is 0.382 e. The molecule has 2 aromatic rings. The maximum atomic E-state index is 13.5. The first-order valence-corrected chi connectivity index (χ1v) is 7.19. The molecule has 21 heavy (non-hydrogen) atoms. The molecule has 1 aromatic carbocycles. The second kappa shape index (κ2) is 5.71. The maximum absolute atomic E-state index is 13.5. The average Bonchev–Trinajstić information content (AvgIpc) is 2.98. The van der Waals surface area contributed by atoms with Crippen LogP contribution in [0.25, 0.3) is 0 Å². The van der Waals surface area contributed by atoms with Crippen LogP contribution in [0, 0.1) is 5.82 Å². The number of aliphatic hydroxyl groups is 1. The van der Waals surface area contributed by atoms with Gasteiger partial charge in [-0.1, -0.05) is 17.7 Å². The molecule has 0 aliphatic carbocycles. The monoisotopic (exact) mass is 310 g/mol. The molecule has 0 bridgehead atoms. The summed E-state index contributed by atoms with van der Waals surface area (Å²) in [4.78, 5) is 2.08. The van der Waals surface area contributed by atoms with Crippen molar-refractivity contribution in [3.8, 4) is 0 Å². The minimum atomic E-state index is -1.00. The minimum Gasteiger partial charge on any atom is -0.382 e. The highest BCUT2D eigenvalue weighted by molar-refractivity contribution is 6.30. The number of nitrogens with zero attached hydrogens (tertiary/aromatic N) is 3. The summed E-state index contributed by atoms with van der Waals surface area (Å²) < 4.78 is 13.5. The van der Waals surface area contributed by atoms with Crippen molar-refractivity contribution in [2.75, 3.05) is 13.1 Å². The fraction of sp³-hybridized carbons (Fsp3) is 0.429. The summed E-state index contributed by atoms with van der Waals surface area (Å²) >= 11 is 5.69. The van der Waals surface area contributed by atoms with Crippen molar-refractivity contribution < 1.29 is 9.50 Å². The second-order valence-electron chi connectivity index (χ2n) is 5.45. The van der Waals surface area contributed by atoms with E-state index in [2.05, 4.69) is 20.3 Å². The van der Waals surface area contributed by atoms with E-state index in [1.54, 1.807) is 18.3 Å². The lowest BCUT2D eigenvalue weighted by Crippen LogP contribution is -2.45. The second-order valence-corrected chi connectivity index (χ2v) is 5.86. The van der Waals surface area contributed by atoms with Gasteiger partial charge in [-0.3, -0.25) is 4.90 Å². The van der Waals surface area contributed by atoms with Crippen LogP contribution in [0.2, 0.25) is 5.02 Å². The van der Waals surface area contributed by atoms with Crippen LogP contribution in [0.1, 0.15) is 24.1 Å². The Hall–Kier alpha value is -1.50. The number of aromatic nitrogens is 3. The van der Waals surface area contributed by atoms with E-state index in [4.69, 9.17) is 11.6 Å². The smallest absolute Gasteiger partial charge is 0.142 e. The third kappa shape index (κ3) is 3.07. The van der Waals surface area contributed by atoms with E-state index in [9.17, 15) is 9.50 Å². The zero-order chi connectivity index (χ0) is 14.9. The number of hydrogen-bond donors (Lipinski definition) is 2. The molecule has 0 unspecified atom stereocenters. The Morgan fingerprint density at radius 2 is 2.33 bits per heavy atom. The van der Waals surface area contributed by atoms with Crippen molar-refractivity contribution in [3.63, 3.8) is 0 Å². The molecule has 3 rings (SSSR count). The van der Waals surface area contributed by atoms with Gasteiger partial charge in [0.15, 0.2) is 0 Å². The Labute approximate surface area is 126 Å². The number of halogens is 2. The number of nitrogens with one attached hydrogen (secondary N) is 1. The van der Waals surface area contributed by atoms with Gasteiger partial charge in [-0.25, -0.2) is 4.39 Å². The summed E-state index contributed by atoms with van der Waals surface area (Å²) in [5.74, 6) is -0.419. The molecule has 0 radical (unpaired) electrons. The molecule has 5 nitrogen and oxygen atoms in total. The number of hydrogen-bond acceptors (Lipinski definition) is 4. The lowest BCUT2D eigenvalue weighted by Gasteiger charge is -2.38. The highest BCUT2D eigenvalue weighted by Crippen LogP contribution is 2.30. The Balaban J connectivity index is 1.73. The van der Waals surface area contributed by atoms with E-state index >= 15 is 0 Å². The summed E-state index contributed by atoms with van der Waals surface area (Å²) in [5, 5.41) is 21.1. The summed E-state index contributed by atoms with van der Waals surface area (Å²) in [5.41, 5.74) is 0.381. The number of H-pyrrole nitrogens is 1. The molecule has 1 saturated heterocycles. The van der Waals surface area contributed by atoms with Gasteiger partial charge in [-0.2, -0.15) is 15.4 Å². The lowest BCUT2D eigenvalue weighted by atomic mass is 9.90. The van der Waals surface area contributed by atoms with Gasteiger partial charge in [0.25, 0.3) is 0 Å². The number of piperidine rings is 1. The van der Waals surface area contributed by atoms with Gasteiger partial charge in [0.1, 0.15) is 17.1 Å². The van der Waals surface area contributed by atoms with Gasteiger partial charge >= 0.3 is 0 Å². The molecular weight excluding hydrogens is 295 g/mol. The van der Waals surface area contributed by atoms with Gasteiger partial charge in [0, 0.05) is 13.1 Å². The van der Waals surface area contributed by atoms with Gasteiger partial charge in [0.05, 0.1) is 11.2 Å². The van der Waals surface area contributed by atoms with Gasteiger partial charge in [-0.05, 0) is 37.1 Å². The fourth-order valence-electron chi connectivity index (χ4n) is 2.79. The first-order chi connectivity index (χ1) is 10.1. The molecule has 112 valence electrons. The number of likely N-dealkylation sites (tertiary alicyclic amines) is 1. The van der Waals surface area contributed by atoms with Crippen molar-refractivity contribution in [1.82, 2.24) is 20.3 Å². The van der Waals surface area contributed by atoms with E-state index in [0.717, 1.165) is 18.5 Å². The molecule has 7 heteroatoms.